The number of β-lactam (4-membered cyclic amide) rings is 1. The van der Waals surface area contributed by atoms with Crippen LogP contribution in [0.25, 0.3) is 0 Å². The number of anilines is 1. The van der Waals surface area contributed by atoms with Crippen molar-refractivity contribution in [2.24, 2.45) is 0 Å². The minimum atomic E-state index is -1.31. The molecule has 3 atom stereocenters. The first-order valence-electron chi connectivity index (χ1n) is 9.24. The van der Waals surface area contributed by atoms with Gasteiger partial charge in [-0.05, 0) is 11.4 Å². The molecule has 14 heteroatoms. The van der Waals surface area contributed by atoms with Crippen molar-refractivity contribution < 1.29 is 33.5 Å². The second-order valence-electron chi connectivity index (χ2n) is 6.87. The van der Waals surface area contributed by atoms with Crippen LogP contribution in [0.3, 0.4) is 0 Å². The fraction of sp³-hybridized carbons (Fsp3) is 0.333. The van der Waals surface area contributed by atoms with E-state index >= 15 is 0 Å². The highest BCUT2D eigenvalue weighted by molar-refractivity contribution is 8.00. The van der Waals surface area contributed by atoms with Gasteiger partial charge in [-0.15, -0.1) is 23.1 Å². The van der Waals surface area contributed by atoms with Crippen molar-refractivity contribution in [2.45, 2.75) is 24.3 Å². The number of ether oxygens (including phenoxy) is 1. The van der Waals surface area contributed by atoms with Crippen LogP contribution in [0.1, 0.15) is 23.5 Å². The zero-order chi connectivity index (χ0) is 23.0. The van der Waals surface area contributed by atoms with Gasteiger partial charge in [0.05, 0.1) is 0 Å². The maximum Gasteiger partial charge on any atom is 0.352 e. The number of aromatic nitrogens is 2. The van der Waals surface area contributed by atoms with E-state index in [1.165, 1.54) is 30.0 Å². The van der Waals surface area contributed by atoms with E-state index in [2.05, 4.69) is 15.5 Å². The lowest BCUT2D eigenvalue weighted by atomic mass is 10.0. The first kappa shape index (κ1) is 21.8. The van der Waals surface area contributed by atoms with E-state index in [-0.39, 0.29) is 29.9 Å². The number of carboxylic acid groups (broad SMARTS) is 1. The van der Waals surface area contributed by atoms with Crippen LogP contribution in [0.5, 0.6) is 0 Å². The van der Waals surface area contributed by atoms with Crippen molar-refractivity contribution in [1.82, 2.24) is 20.4 Å². The number of thiophene rings is 1. The zero-order valence-corrected chi connectivity index (χ0v) is 18.1. The number of carboxylic acids is 1. The fourth-order valence-electron chi connectivity index (χ4n) is 3.41. The molecule has 4 heterocycles. The first-order chi connectivity index (χ1) is 15.3. The molecule has 0 saturated carbocycles. The van der Waals surface area contributed by atoms with Gasteiger partial charge in [-0.2, -0.15) is 4.98 Å². The van der Waals surface area contributed by atoms with Gasteiger partial charge in [0.25, 0.3) is 5.91 Å². The van der Waals surface area contributed by atoms with Gasteiger partial charge in [0.1, 0.15) is 29.6 Å². The molecule has 0 aromatic carbocycles. The van der Waals surface area contributed by atoms with Gasteiger partial charge >= 0.3 is 18.0 Å². The van der Waals surface area contributed by atoms with Gasteiger partial charge in [0.2, 0.25) is 5.91 Å². The lowest BCUT2D eigenvalue weighted by Crippen LogP contribution is -2.71. The van der Waals surface area contributed by atoms with Crippen LogP contribution in [0.2, 0.25) is 0 Å². The van der Waals surface area contributed by atoms with Crippen LogP contribution in [0.15, 0.2) is 33.3 Å². The summed E-state index contributed by atoms with van der Waals surface area (Å²) < 4.78 is 9.70. The molecule has 0 spiro atoms. The van der Waals surface area contributed by atoms with E-state index < -0.39 is 41.1 Å². The Morgan fingerprint density at radius 1 is 1.47 bits per heavy atom. The number of thioether (sulfide) groups is 1. The number of carbonyl (C=O) groups is 4. The molecule has 0 aliphatic carbocycles. The number of nitrogens with one attached hydrogen (secondary N) is 1. The van der Waals surface area contributed by atoms with Crippen LogP contribution in [-0.2, 0) is 23.9 Å². The van der Waals surface area contributed by atoms with E-state index in [0.717, 1.165) is 4.90 Å². The van der Waals surface area contributed by atoms with Crippen molar-refractivity contribution in [1.29, 1.82) is 0 Å². The Hall–Kier alpha value is -3.39. The Morgan fingerprint density at radius 3 is 2.84 bits per heavy atom. The van der Waals surface area contributed by atoms with Crippen LogP contribution in [-0.4, -0.2) is 67.7 Å². The minimum absolute atomic E-state index is 0.0529. The molecule has 2 amide bonds. The topological polar surface area (TPSA) is 178 Å². The third-order valence-electron chi connectivity index (χ3n) is 4.80. The first-order valence-corrected chi connectivity index (χ1v) is 11.2. The third kappa shape index (κ3) is 3.93. The highest BCUT2D eigenvalue weighted by atomic mass is 32.2. The molecule has 1 saturated heterocycles. The lowest BCUT2D eigenvalue weighted by Gasteiger charge is -2.49. The summed E-state index contributed by atoms with van der Waals surface area (Å²) in [6, 6.07) is 2.34. The Kier molecular flexibility index (Phi) is 5.88. The highest BCUT2D eigenvalue weighted by Crippen LogP contribution is 2.41. The van der Waals surface area contributed by atoms with E-state index in [9.17, 15) is 24.3 Å². The Balaban J connectivity index is 1.54. The molecule has 4 N–H and O–H groups in total. The average molecular weight is 479 g/mol. The lowest BCUT2D eigenvalue weighted by molar-refractivity contribution is -0.151. The molecule has 2 aliphatic heterocycles. The van der Waals surface area contributed by atoms with Crippen molar-refractivity contribution in [2.75, 3.05) is 18.1 Å². The van der Waals surface area contributed by atoms with E-state index in [1.807, 2.05) is 0 Å². The summed E-state index contributed by atoms with van der Waals surface area (Å²) in [7, 11) is 0. The Bertz CT molecular complexity index is 1110. The molecule has 2 aromatic heterocycles. The van der Waals surface area contributed by atoms with Crippen LogP contribution in [0, 0.1) is 0 Å². The second-order valence-corrected chi connectivity index (χ2v) is 8.96. The Labute approximate surface area is 188 Å². The van der Waals surface area contributed by atoms with Crippen molar-refractivity contribution in [3.63, 3.8) is 0 Å². The van der Waals surface area contributed by atoms with Crippen molar-refractivity contribution >= 4 is 52.9 Å². The molecule has 3 unspecified atom stereocenters. The Morgan fingerprint density at radius 2 is 2.25 bits per heavy atom. The minimum Gasteiger partial charge on any atom is -0.477 e. The number of hydrogen-bond acceptors (Lipinski definition) is 11. The number of nitrogens with zero attached hydrogens (tertiary/aromatic N) is 3. The fourth-order valence-corrected chi connectivity index (χ4v) is 5.56. The number of amides is 2. The smallest absolute Gasteiger partial charge is 0.352 e. The van der Waals surface area contributed by atoms with Gasteiger partial charge in [-0.25, -0.2) is 4.79 Å². The van der Waals surface area contributed by atoms with Crippen molar-refractivity contribution in [3.8, 4) is 0 Å². The number of rotatable bonds is 7. The summed E-state index contributed by atoms with van der Waals surface area (Å²) in [6.07, 6.45) is 0. The number of hydrogen-bond donors (Lipinski definition) is 3. The van der Waals surface area contributed by atoms with Crippen LogP contribution < -0.4 is 11.1 Å². The molecule has 2 aromatic rings. The summed E-state index contributed by atoms with van der Waals surface area (Å²) in [5.74, 6) is -3.65. The predicted molar refractivity (Wildman–Crippen MR) is 111 cm³/mol. The van der Waals surface area contributed by atoms with Gasteiger partial charge in [0, 0.05) is 23.1 Å². The highest BCUT2D eigenvalue weighted by Gasteiger charge is 2.54. The summed E-state index contributed by atoms with van der Waals surface area (Å²) in [5, 5.41) is 17.2. The molecular weight excluding hydrogens is 462 g/mol. The number of nitrogen functional groups attached to an aromatic ring is 1. The summed E-state index contributed by atoms with van der Waals surface area (Å²) in [6.45, 7) is 0.985. The number of esters is 1. The molecule has 4 rings (SSSR count). The number of carbonyl (C=O) groups excluding carboxylic acids is 3. The average Bonchev–Trinajstić information content (AvgIpc) is 3.42. The van der Waals surface area contributed by atoms with Gasteiger partial charge in [-0.1, -0.05) is 11.2 Å². The van der Waals surface area contributed by atoms with E-state index in [1.54, 1.807) is 17.5 Å². The number of fused-ring (bicyclic) bond motifs is 1. The summed E-state index contributed by atoms with van der Waals surface area (Å²) in [5.41, 5.74) is 5.57. The molecule has 1 fully saturated rings. The molecule has 32 heavy (non-hydrogen) atoms. The SMILES string of the molecule is CC(=O)OCC1=C(C(=O)O)N2C(=O)C(NC(=O)C(c3noc(N)n3)c3cccs3)C2SC1. The van der Waals surface area contributed by atoms with Gasteiger partial charge in [0.15, 0.2) is 5.82 Å². The molecule has 168 valence electrons. The monoisotopic (exact) mass is 479 g/mol. The number of aliphatic carboxylic acids is 1. The van der Waals surface area contributed by atoms with Crippen molar-refractivity contribution in [3.05, 3.63) is 39.5 Å². The quantitative estimate of drug-likeness (QED) is 0.363. The normalized spacial score (nSPS) is 20.9. The molecular formula is C18H17N5O7S2. The molecule has 2 aliphatic rings. The maximum atomic E-state index is 13.1. The standard InChI is InChI=1S/C18H17N5O7S2/c1-7(24)29-5-8-6-32-16-11(15(26)23(16)12(8)17(27)28)20-14(25)10(9-3-2-4-31-9)13-21-18(19)30-22-13/h2-4,10-11,16H,5-6H2,1H3,(H,20,25)(H,27,28)(H2,19,21,22). The zero-order valence-electron chi connectivity index (χ0n) is 16.5. The summed E-state index contributed by atoms with van der Waals surface area (Å²) in [4.78, 5) is 54.5. The van der Waals surface area contributed by atoms with E-state index in [4.69, 9.17) is 15.0 Å². The van der Waals surface area contributed by atoms with Gasteiger partial charge < -0.3 is 25.4 Å². The van der Waals surface area contributed by atoms with Crippen LogP contribution >= 0.6 is 23.1 Å². The molecule has 0 radical (unpaired) electrons. The predicted octanol–water partition coefficient (Wildman–Crippen LogP) is 0.147. The number of nitrogens with two attached hydrogens (primary N) is 1. The molecule has 0 bridgehead atoms. The summed E-state index contributed by atoms with van der Waals surface area (Å²) >= 11 is 2.57. The van der Waals surface area contributed by atoms with E-state index in [0.29, 0.717) is 10.5 Å². The van der Waals surface area contributed by atoms with Gasteiger partial charge in [-0.3, -0.25) is 19.3 Å². The largest absolute Gasteiger partial charge is 0.477 e. The third-order valence-corrected chi connectivity index (χ3v) is 7.08. The second kappa shape index (κ2) is 8.63. The maximum absolute atomic E-state index is 13.1. The van der Waals surface area contributed by atoms with Crippen LogP contribution in [0.4, 0.5) is 6.01 Å². The molecule has 12 nitrogen and oxygen atoms in total.